The average molecular weight is 318 g/mol. The number of hydrogen-bond acceptors (Lipinski definition) is 1. The van der Waals surface area contributed by atoms with Crippen LogP contribution in [0.4, 0.5) is 0 Å². The number of nitrogens with two attached hydrogens (primary N) is 1. The van der Waals surface area contributed by atoms with Crippen molar-refractivity contribution in [3.8, 4) is 0 Å². The molecule has 2 N–H and O–H groups in total. The number of allylic oxidation sites excluding steroid dienone is 1. The van der Waals surface area contributed by atoms with Crippen LogP contribution in [0.2, 0.25) is 10.0 Å². The van der Waals surface area contributed by atoms with Crippen molar-refractivity contribution in [1.29, 1.82) is 0 Å². The second kappa shape index (κ2) is 6.23. The van der Waals surface area contributed by atoms with E-state index in [4.69, 9.17) is 28.9 Å². The Labute approximate surface area is 135 Å². The first kappa shape index (κ1) is 14.6. The van der Waals surface area contributed by atoms with E-state index in [2.05, 4.69) is 30.3 Å². The lowest BCUT2D eigenvalue weighted by Crippen LogP contribution is -2.31. The first-order chi connectivity index (χ1) is 10.1. The lowest BCUT2D eigenvalue weighted by atomic mass is 9.79. The van der Waals surface area contributed by atoms with Gasteiger partial charge in [0.1, 0.15) is 0 Å². The summed E-state index contributed by atoms with van der Waals surface area (Å²) in [6.07, 6.45) is 4.06. The Morgan fingerprint density at radius 1 is 1.00 bits per heavy atom. The van der Waals surface area contributed by atoms with Crippen LogP contribution in [0.3, 0.4) is 0 Å². The van der Waals surface area contributed by atoms with Crippen LogP contribution in [0.1, 0.15) is 29.9 Å². The van der Waals surface area contributed by atoms with E-state index >= 15 is 0 Å². The summed E-state index contributed by atoms with van der Waals surface area (Å²) >= 11 is 12.3. The molecule has 3 heteroatoms. The summed E-state index contributed by atoms with van der Waals surface area (Å²) in [4.78, 5) is 0. The van der Waals surface area contributed by atoms with Crippen LogP contribution >= 0.6 is 23.2 Å². The van der Waals surface area contributed by atoms with Crippen molar-refractivity contribution in [2.75, 3.05) is 0 Å². The Kier molecular flexibility index (Phi) is 4.34. The third-order valence-corrected chi connectivity index (χ3v) is 4.66. The average Bonchev–Trinajstić information content (AvgIpc) is 2.49. The van der Waals surface area contributed by atoms with Gasteiger partial charge in [-0.3, -0.25) is 0 Å². The van der Waals surface area contributed by atoms with Crippen LogP contribution in [-0.2, 0) is 0 Å². The fraction of sp³-hybridized carbons (Fsp3) is 0.222. The molecule has 1 nitrogen and oxygen atoms in total. The molecule has 0 bridgehead atoms. The second-order valence-electron chi connectivity index (χ2n) is 5.47. The Balaban J connectivity index is 1.86. The minimum Gasteiger partial charge on any atom is -0.327 e. The summed E-state index contributed by atoms with van der Waals surface area (Å²) in [7, 11) is 0. The summed E-state index contributed by atoms with van der Waals surface area (Å²) in [5.74, 6) is 0.252. The summed E-state index contributed by atoms with van der Waals surface area (Å²) in [5.41, 5.74) is 10.1. The fourth-order valence-corrected chi connectivity index (χ4v) is 3.52. The highest BCUT2D eigenvalue weighted by atomic mass is 35.5. The quantitative estimate of drug-likeness (QED) is 0.801. The third-order valence-electron chi connectivity index (χ3n) is 4.10. The number of halogens is 2. The van der Waals surface area contributed by atoms with Gasteiger partial charge in [0.25, 0.3) is 0 Å². The van der Waals surface area contributed by atoms with E-state index < -0.39 is 0 Å². The molecular weight excluding hydrogens is 301 g/mol. The van der Waals surface area contributed by atoms with Crippen molar-refractivity contribution < 1.29 is 0 Å². The van der Waals surface area contributed by atoms with Crippen LogP contribution in [0.15, 0.2) is 54.6 Å². The van der Waals surface area contributed by atoms with Crippen molar-refractivity contribution in [3.05, 3.63) is 75.8 Å². The van der Waals surface area contributed by atoms with E-state index in [1.54, 1.807) is 6.07 Å². The molecule has 2 aromatic rings. The summed E-state index contributed by atoms with van der Waals surface area (Å²) < 4.78 is 0. The first-order valence-electron chi connectivity index (χ1n) is 7.10. The summed E-state index contributed by atoms with van der Waals surface area (Å²) in [6, 6.07) is 16.2. The maximum absolute atomic E-state index is 6.41. The molecule has 0 amide bonds. The Morgan fingerprint density at radius 3 is 2.43 bits per heavy atom. The lowest BCUT2D eigenvalue weighted by molar-refractivity contribution is 0.529. The largest absolute Gasteiger partial charge is 0.327 e. The van der Waals surface area contributed by atoms with Gasteiger partial charge in [0, 0.05) is 22.0 Å². The van der Waals surface area contributed by atoms with E-state index in [1.807, 2.05) is 18.2 Å². The highest BCUT2D eigenvalue weighted by Gasteiger charge is 2.26. The van der Waals surface area contributed by atoms with E-state index in [9.17, 15) is 0 Å². The molecule has 3 rings (SSSR count). The molecule has 0 heterocycles. The number of hydrogen-bond donors (Lipinski definition) is 1. The van der Waals surface area contributed by atoms with Gasteiger partial charge in [0.2, 0.25) is 0 Å². The first-order valence-corrected chi connectivity index (χ1v) is 7.85. The zero-order valence-electron chi connectivity index (χ0n) is 11.6. The standard InChI is InChI=1S/C18H17Cl2N/c19-14-7-9-15(17(20)11-14)16-8-6-13(10-18(16)21)12-4-2-1-3-5-12/h1-7,9,11,16,18H,8,10,21H2/t16-,18+/m0/s1. The monoisotopic (exact) mass is 317 g/mol. The molecule has 0 fully saturated rings. The zero-order valence-corrected chi connectivity index (χ0v) is 13.1. The van der Waals surface area contributed by atoms with Crippen molar-refractivity contribution >= 4 is 28.8 Å². The minimum absolute atomic E-state index is 0.0730. The zero-order chi connectivity index (χ0) is 14.8. The van der Waals surface area contributed by atoms with Crippen LogP contribution in [-0.4, -0.2) is 6.04 Å². The van der Waals surface area contributed by atoms with Crippen LogP contribution < -0.4 is 5.73 Å². The van der Waals surface area contributed by atoms with Gasteiger partial charge in [0.15, 0.2) is 0 Å². The molecule has 0 spiro atoms. The maximum atomic E-state index is 6.41. The van der Waals surface area contributed by atoms with Crippen molar-refractivity contribution in [3.63, 3.8) is 0 Å². The van der Waals surface area contributed by atoms with Gasteiger partial charge in [-0.25, -0.2) is 0 Å². The molecule has 108 valence electrons. The molecule has 1 aliphatic carbocycles. The molecule has 2 aromatic carbocycles. The lowest BCUT2D eigenvalue weighted by Gasteiger charge is -2.30. The van der Waals surface area contributed by atoms with Gasteiger partial charge >= 0.3 is 0 Å². The molecular formula is C18H17Cl2N. The predicted molar refractivity (Wildman–Crippen MR) is 90.8 cm³/mol. The summed E-state index contributed by atoms with van der Waals surface area (Å²) in [6.45, 7) is 0. The topological polar surface area (TPSA) is 26.0 Å². The van der Waals surface area contributed by atoms with Gasteiger partial charge in [-0.05, 0) is 41.7 Å². The second-order valence-corrected chi connectivity index (χ2v) is 6.32. The predicted octanol–water partition coefficient (Wildman–Crippen LogP) is 5.28. The number of rotatable bonds is 2. The van der Waals surface area contributed by atoms with E-state index in [0.29, 0.717) is 10.0 Å². The molecule has 0 unspecified atom stereocenters. The van der Waals surface area contributed by atoms with Crippen LogP contribution in [0.5, 0.6) is 0 Å². The molecule has 2 atom stereocenters. The van der Waals surface area contributed by atoms with Gasteiger partial charge < -0.3 is 5.73 Å². The fourth-order valence-electron chi connectivity index (χ4n) is 2.97. The third kappa shape index (κ3) is 3.16. The maximum Gasteiger partial charge on any atom is 0.0456 e. The molecule has 0 radical (unpaired) electrons. The molecule has 1 aliphatic rings. The van der Waals surface area contributed by atoms with Gasteiger partial charge in [-0.15, -0.1) is 0 Å². The van der Waals surface area contributed by atoms with Gasteiger partial charge in [-0.2, -0.15) is 0 Å². The smallest absolute Gasteiger partial charge is 0.0456 e. The van der Waals surface area contributed by atoms with E-state index in [-0.39, 0.29) is 12.0 Å². The van der Waals surface area contributed by atoms with Gasteiger partial charge in [-0.1, -0.05) is 65.7 Å². The molecule has 0 aliphatic heterocycles. The SMILES string of the molecule is N[C@@H]1CC(c2ccccc2)=CC[C@H]1c1ccc(Cl)cc1Cl. The summed E-state index contributed by atoms with van der Waals surface area (Å²) in [5, 5.41) is 1.37. The molecule has 0 saturated heterocycles. The molecule has 0 saturated carbocycles. The Morgan fingerprint density at radius 2 is 1.76 bits per heavy atom. The van der Waals surface area contributed by atoms with E-state index in [0.717, 1.165) is 18.4 Å². The van der Waals surface area contributed by atoms with Gasteiger partial charge in [0.05, 0.1) is 0 Å². The minimum atomic E-state index is 0.0730. The van der Waals surface area contributed by atoms with Crippen molar-refractivity contribution in [2.24, 2.45) is 5.73 Å². The van der Waals surface area contributed by atoms with E-state index in [1.165, 1.54) is 11.1 Å². The molecule has 21 heavy (non-hydrogen) atoms. The Bertz CT molecular complexity index is 664. The van der Waals surface area contributed by atoms with Crippen molar-refractivity contribution in [2.45, 2.75) is 24.8 Å². The molecule has 0 aromatic heterocycles. The normalized spacial score (nSPS) is 22.0. The highest BCUT2D eigenvalue weighted by Crippen LogP contribution is 2.38. The van der Waals surface area contributed by atoms with Crippen molar-refractivity contribution in [1.82, 2.24) is 0 Å². The Hall–Kier alpha value is -1.28. The van der Waals surface area contributed by atoms with Crippen LogP contribution in [0, 0.1) is 0 Å². The highest BCUT2D eigenvalue weighted by molar-refractivity contribution is 6.35. The van der Waals surface area contributed by atoms with Crippen LogP contribution in [0.25, 0.3) is 5.57 Å². The number of benzene rings is 2.